The maximum absolute atomic E-state index is 14.1. The fourth-order valence-corrected chi connectivity index (χ4v) is 7.02. The Bertz CT molecular complexity index is 2170. The summed E-state index contributed by atoms with van der Waals surface area (Å²) in [5, 5.41) is 22.8. The molecule has 0 aliphatic heterocycles. The monoisotopic (exact) mass is 817 g/mol. The molecule has 306 valence electrons. The molecule has 1 heterocycles. The molecular formula is C45H47N5O8S. The van der Waals surface area contributed by atoms with Crippen LogP contribution in [0.5, 0.6) is 0 Å². The highest BCUT2D eigenvalue weighted by molar-refractivity contribution is 7.09. The molecular weight excluding hydrogens is 771 g/mol. The summed E-state index contributed by atoms with van der Waals surface area (Å²) in [5.74, 6) is -4.12. The number of ether oxygens (including phenoxy) is 1. The van der Waals surface area contributed by atoms with Crippen LogP contribution < -0.4 is 27.0 Å². The molecule has 0 spiro atoms. The SMILES string of the molecule is COC(=O)[C@@H](N)Cc1ccc(NC(=O)CCC(=O)N[C@H](Cc2cccs2)C(=O)N[C@@H](Cc2ccc(-c3ccccc3)cc2)C(=O)N[C@H](Cc2ccccc2)C(=O)O)cc1. The van der Waals surface area contributed by atoms with Gasteiger partial charge in [0.25, 0.3) is 0 Å². The molecule has 0 saturated carbocycles. The minimum Gasteiger partial charge on any atom is -0.480 e. The number of nitrogens with one attached hydrogen (secondary N) is 4. The fourth-order valence-electron chi connectivity index (χ4n) is 6.27. The molecule has 4 atom stereocenters. The lowest BCUT2D eigenvalue weighted by Gasteiger charge is -2.25. The van der Waals surface area contributed by atoms with E-state index >= 15 is 0 Å². The Morgan fingerprint density at radius 2 is 1.12 bits per heavy atom. The third kappa shape index (κ3) is 13.8. The number of hydrogen-bond donors (Lipinski definition) is 6. The number of aliphatic carboxylic acids is 1. The van der Waals surface area contributed by atoms with Gasteiger partial charge in [-0.2, -0.15) is 0 Å². The van der Waals surface area contributed by atoms with E-state index in [4.69, 9.17) is 5.73 Å². The number of thiophene rings is 1. The zero-order valence-corrected chi connectivity index (χ0v) is 33.3. The average Bonchev–Trinajstić information content (AvgIpc) is 3.76. The number of carbonyl (C=O) groups excluding carboxylic acids is 5. The van der Waals surface area contributed by atoms with Gasteiger partial charge in [0.2, 0.25) is 23.6 Å². The zero-order chi connectivity index (χ0) is 42.1. The van der Waals surface area contributed by atoms with Crippen LogP contribution in [0.3, 0.4) is 0 Å². The molecule has 14 heteroatoms. The van der Waals surface area contributed by atoms with Crippen LogP contribution in [0.2, 0.25) is 0 Å². The number of methoxy groups -OCH3 is 1. The summed E-state index contributed by atoms with van der Waals surface area (Å²) < 4.78 is 4.66. The molecule has 0 fully saturated rings. The van der Waals surface area contributed by atoms with Crippen LogP contribution in [0, 0.1) is 0 Å². The van der Waals surface area contributed by atoms with Crippen LogP contribution in [0.1, 0.15) is 34.4 Å². The van der Waals surface area contributed by atoms with Crippen molar-refractivity contribution in [3.63, 3.8) is 0 Å². The highest BCUT2D eigenvalue weighted by atomic mass is 32.1. The normalized spacial score (nSPS) is 12.8. The molecule has 5 rings (SSSR count). The van der Waals surface area contributed by atoms with E-state index in [2.05, 4.69) is 26.0 Å². The first-order chi connectivity index (χ1) is 28.5. The smallest absolute Gasteiger partial charge is 0.326 e. The predicted octanol–water partition coefficient (Wildman–Crippen LogP) is 4.44. The van der Waals surface area contributed by atoms with E-state index in [1.807, 2.05) is 78.2 Å². The average molecular weight is 818 g/mol. The van der Waals surface area contributed by atoms with Crippen LogP contribution >= 0.6 is 11.3 Å². The van der Waals surface area contributed by atoms with Crippen molar-refractivity contribution in [1.82, 2.24) is 16.0 Å². The van der Waals surface area contributed by atoms with Crippen molar-refractivity contribution in [3.05, 3.63) is 148 Å². The lowest BCUT2D eigenvalue weighted by atomic mass is 9.99. The number of amides is 4. The molecule has 0 saturated heterocycles. The Balaban J connectivity index is 1.27. The van der Waals surface area contributed by atoms with Crippen LogP contribution in [0.25, 0.3) is 11.1 Å². The minimum absolute atomic E-state index is 0.0239. The molecule has 0 radical (unpaired) electrons. The van der Waals surface area contributed by atoms with E-state index in [1.54, 1.807) is 48.5 Å². The zero-order valence-electron chi connectivity index (χ0n) is 32.5. The van der Waals surface area contributed by atoms with Gasteiger partial charge < -0.3 is 36.8 Å². The number of carboxylic acid groups (broad SMARTS) is 1. The number of rotatable bonds is 20. The van der Waals surface area contributed by atoms with E-state index in [-0.39, 0.29) is 38.5 Å². The molecule has 4 amide bonds. The predicted molar refractivity (Wildman–Crippen MR) is 225 cm³/mol. The summed E-state index contributed by atoms with van der Waals surface area (Å²) in [5.41, 5.74) is 10.5. The standard InChI is InChI=1S/C45H47N5O8S/c1-58-45(57)36(46)25-30-16-20-34(21-17-30)47-40(51)22-23-41(52)48-38(28-35-13-8-24-59-35)43(54)49-37(26-31-14-18-33(19-15-31)32-11-6-3-7-12-32)42(53)50-39(44(55)56)27-29-9-4-2-5-10-29/h2-21,24,36-39H,22-23,25-28,46H2,1H3,(H,47,51)(H,48,52)(H,49,54)(H,50,53)(H,55,56)/t36-,37-,38+,39+/m0/s1. The highest BCUT2D eigenvalue weighted by Gasteiger charge is 2.30. The molecule has 59 heavy (non-hydrogen) atoms. The third-order valence-corrected chi connectivity index (χ3v) is 10.3. The van der Waals surface area contributed by atoms with Crippen LogP contribution in [0.15, 0.2) is 127 Å². The van der Waals surface area contributed by atoms with Crippen molar-refractivity contribution in [3.8, 4) is 11.1 Å². The molecule has 0 aliphatic carbocycles. The van der Waals surface area contributed by atoms with E-state index in [1.165, 1.54) is 18.4 Å². The lowest BCUT2D eigenvalue weighted by Crippen LogP contribution is -2.57. The second-order valence-electron chi connectivity index (χ2n) is 13.9. The number of carbonyl (C=O) groups is 6. The van der Waals surface area contributed by atoms with Crippen molar-refractivity contribution in [2.45, 2.75) is 62.7 Å². The van der Waals surface area contributed by atoms with E-state index in [0.717, 1.165) is 21.6 Å². The van der Waals surface area contributed by atoms with Crippen molar-refractivity contribution in [2.24, 2.45) is 5.73 Å². The number of carboxylic acids is 1. The van der Waals surface area contributed by atoms with Gasteiger partial charge >= 0.3 is 11.9 Å². The largest absolute Gasteiger partial charge is 0.480 e. The van der Waals surface area contributed by atoms with Crippen molar-refractivity contribution >= 4 is 52.6 Å². The third-order valence-electron chi connectivity index (χ3n) is 9.44. The molecule has 13 nitrogen and oxygen atoms in total. The second kappa shape index (κ2) is 21.8. The maximum Gasteiger partial charge on any atom is 0.326 e. The van der Waals surface area contributed by atoms with E-state index < -0.39 is 59.7 Å². The first kappa shape index (κ1) is 43.5. The molecule has 5 aromatic rings. The first-order valence-electron chi connectivity index (χ1n) is 19.0. The van der Waals surface area contributed by atoms with Crippen molar-refractivity contribution in [1.29, 1.82) is 0 Å². The Hall–Kier alpha value is -6.64. The summed E-state index contributed by atoms with van der Waals surface area (Å²) >= 11 is 1.39. The van der Waals surface area contributed by atoms with Gasteiger partial charge in [-0.05, 0) is 57.8 Å². The van der Waals surface area contributed by atoms with Crippen LogP contribution in [-0.4, -0.2) is 72.0 Å². The minimum atomic E-state index is -1.28. The topological polar surface area (TPSA) is 206 Å². The van der Waals surface area contributed by atoms with Crippen molar-refractivity contribution < 1.29 is 38.6 Å². The maximum atomic E-state index is 14.1. The summed E-state index contributed by atoms with van der Waals surface area (Å²) in [7, 11) is 1.26. The van der Waals surface area contributed by atoms with Crippen molar-refractivity contribution in [2.75, 3.05) is 12.4 Å². The Morgan fingerprint density at radius 1 is 0.593 bits per heavy atom. The molecule has 0 unspecified atom stereocenters. The number of hydrogen-bond acceptors (Lipinski definition) is 9. The fraction of sp³-hybridized carbons (Fsp3) is 0.244. The number of anilines is 1. The van der Waals surface area contributed by atoms with Crippen LogP contribution in [-0.2, 0) is 59.2 Å². The number of esters is 1. The van der Waals surface area contributed by atoms with Gasteiger partial charge in [0, 0.05) is 42.7 Å². The number of nitrogens with two attached hydrogens (primary N) is 1. The summed E-state index contributed by atoms with van der Waals surface area (Å²) in [6.07, 6.45) is 0.00392. The molecule has 4 aromatic carbocycles. The summed E-state index contributed by atoms with van der Waals surface area (Å²) in [6.45, 7) is 0. The molecule has 7 N–H and O–H groups in total. The van der Waals surface area contributed by atoms with Gasteiger partial charge in [-0.25, -0.2) is 4.79 Å². The summed E-state index contributed by atoms with van der Waals surface area (Å²) in [4.78, 5) is 78.8. The van der Waals surface area contributed by atoms with E-state index in [0.29, 0.717) is 16.8 Å². The Labute approximate surface area is 346 Å². The lowest BCUT2D eigenvalue weighted by molar-refractivity contribution is -0.142. The molecule has 0 aliphatic rings. The molecule has 1 aromatic heterocycles. The quantitative estimate of drug-likeness (QED) is 0.0614. The van der Waals surface area contributed by atoms with Crippen LogP contribution in [0.4, 0.5) is 5.69 Å². The van der Waals surface area contributed by atoms with Gasteiger partial charge in [-0.15, -0.1) is 11.3 Å². The Morgan fingerprint density at radius 3 is 1.73 bits per heavy atom. The van der Waals surface area contributed by atoms with E-state index in [9.17, 15) is 33.9 Å². The van der Waals surface area contributed by atoms with Gasteiger partial charge in [0.15, 0.2) is 0 Å². The van der Waals surface area contributed by atoms with Gasteiger partial charge in [0.1, 0.15) is 24.2 Å². The van der Waals surface area contributed by atoms with Gasteiger partial charge in [0.05, 0.1) is 7.11 Å². The van der Waals surface area contributed by atoms with Gasteiger partial charge in [-0.3, -0.25) is 24.0 Å². The summed E-state index contributed by atoms with van der Waals surface area (Å²) in [6, 6.07) is 32.1. The number of benzene rings is 4. The Kier molecular flexibility index (Phi) is 16.0. The molecule has 0 bridgehead atoms. The second-order valence-corrected chi connectivity index (χ2v) is 14.9. The highest BCUT2D eigenvalue weighted by Crippen LogP contribution is 2.20. The van der Waals surface area contributed by atoms with Gasteiger partial charge in [-0.1, -0.05) is 103 Å². The first-order valence-corrected chi connectivity index (χ1v) is 19.9.